The van der Waals surface area contributed by atoms with E-state index in [1.165, 1.54) is 0 Å². The second-order valence-corrected chi connectivity index (χ2v) is 4.97. The van der Waals surface area contributed by atoms with Gasteiger partial charge in [0, 0.05) is 13.0 Å². The number of methoxy groups -OCH3 is 2. The molecule has 6 nitrogen and oxygen atoms in total. The van der Waals surface area contributed by atoms with Gasteiger partial charge in [-0.2, -0.15) is 0 Å². The van der Waals surface area contributed by atoms with Gasteiger partial charge in [-0.25, -0.2) is 4.79 Å². The summed E-state index contributed by atoms with van der Waals surface area (Å²) in [5, 5.41) is 0. The molecule has 0 aromatic heterocycles. The maximum atomic E-state index is 12.1. The Morgan fingerprint density at radius 1 is 1.32 bits per heavy atom. The van der Waals surface area contributed by atoms with Crippen LogP contribution in [0.1, 0.15) is 30.5 Å². The number of aldehydes is 1. The molecule has 0 N–H and O–H groups in total. The van der Waals surface area contributed by atoms with Crippen LogP contribution in [0.25, 0.3) is 0 Å². The lowest BCUT2D eigenvalue weighted by atomic mass is 9.90. The van der Waals surface area contributed by atoms with Crippen LogP contribution in [-0.4, -0.2) is 44.7 Å². The number of carbonyl (C=O) groups excluding carboxylic acids is 2. The summed E-state index contributed by atoms with van der Waals surface area (Å²) in [4.78, 5) is 24.8. The third kappa shape index (κ3) is 3.00. The van der Waals surface area contributed by atoms with E-state index >= 15 is 0 Å². The highest BCUT2D eigenvalue weighted by molar-refractivity contribution is 5.70. The van der Waals surface area contributed by atoms with E-state index in [0.29, 0.717) is 31.1 Å². The number of amides is 1. The monoisotopic (exact) mass is 307 g/mol. The quantitative estimate of drug-likeness (QED) is 0.781. The molecule has 0 saturated carbocycles. The number of hydrogen-bond acceptors (Lipinski definition) is 5. The normalized spacial score (nSPS) is 16.7. The van der Waals surface area contributed by atoms with Crippen molar-refractivity contribution < 1.29 is 23.8 Å². The highest BCUT2D eigenvalue weighted by atomic mass is 16.6. The van der Waals surface area contributed by atoms with Crippen molar-refractivity contribution in [1.82, 2.24) is 4.90 Å². The number of carbonyl (C=O) groups is 2. The van der Waals surface area contributed by atoms with Gasteiger partial charge < -0.3 is 23.9 Å². The Hall–Kier alpha value is -2.24. The second-order valence-electron chi connectivity index (χ2n) is 4.97. The molecule has 1 aromatic carbocycles. The minimum absolute atomic E-state index is 0.224. The van der Waals surface area contributed by atoms with Crippen molar-refractivity contribution >= 4 is 12.4 Å². The van der Waals surface area contributed by atoms with Crippen LogP contribution in [-0.2, 0) is 16.0 Å². The molecule has 22 heavy (non-hydrogen) atoms. The van der Waals surface area contributed by atoms with E-state index in [0.717, 1.165) is 17.4 Å². The van der Waals surface area contributed by atoms with E-state index < -0.39 is 6.09 Å². The van der Waals surface area contributed by atoms with Crippen molar-refractivity contribution in [3.63, 3.8) is 0 Å². The lowest BCUT2D eigenvalue weighted by Gasteiger charge is -2.36. The number of nitrogens with zero attached hydrogens (tertiary/aromatic N) is 1. The molecule has 6 heteroatoms. The van der Waals surface area contributed by atoms with Crippen LogP contribution >= 0.6 is 0 Å². The van der Waals surface area contributed by atoms with E-state index in [1.54, 1.807) is 26.0 Å². The summed E-state index contributed by atoms with van der Waals surface area (Å²) in [6, 6.07) is 3.42. The predicted octanol–water partition coefficient (Wildman–Crippen LogP) is 2.35. The average molecular weight is 307 g/mol. The van der Waals surface area contributed by atoms with E-state index in [-0.39, 0.29) is 12.5 Å². The molecule has 0 saturated heterocycles. The molecule has 1 aliphatic rings. The van der Waals surface area contributed by atoms with Gasteiger partial charge in [0.05, 0.1) is 26.9 Å². The van der Waals surface area contributed by atoms with Gasteiger partial charge in [0.2, 0.25) is 0 Å². The first-order valence-corrected chi connectivity index (χ1v) is 7.28. The number of ether oxygens (including phenoxy) is 3. The number of benzene rings is 1. The molecule has 1 amide bonds. The van der Waals surface area contributed by atoms with Crippen LogP contribution in [0, 0.1) is 0 Å². The summed E-state index contributed by atoms with van der Waals surface area (Å²) in [6.07, 6.45) is 1.34. The predicted molar refractivity (Wildman–Crippen MR) is 80.4 cm³/mol. The molecule has 0 unspecified atom stereocenters. The third-order valence-electron chi connectivity index (χ3n) is 3.82. The van der Waals surface area contributed by atoms with Gasteiger partial charge in [-0.15, -0.1) is 0 Å². The van der Waals surface area contributed by atoms with Gasteiger partial charge in [-0.3, -0.25) is 0 Å². The van der Waals surface area contributed by atoms with Crippen molar-refractivity contribution in [2.24, 2.45) is 0 Å². The summed E-state index contributed by atoms with van der Waals surface area (Å²) in [5.41, 5.74) is 1.97. The topological polar surface area (TPSA) is 65.1 Å². The highest BCUT2D eigenvalue weighted by Gasteiger charge is 2.32. The van der Waals surface area contributed by atoms with E-state index in [1.807, 2.05) is 12.1 Å². The SMILES string of the molecule is CCOC(=O)N1CCc2cc(OC)c(OC)cc2[C@@H]1CC=O. The van der Waals surface area contributed by atoms with Gasteiger partial charge in [-0.1, -0.05) is 0 Å². The van der Waals surface area contributed by atoms with Crippen LogP contribution in [0.3, 0.4) is 0 Å². The van der Waals surface area contributed by atoms with Crippen molar-refractivity contribution in [2.45, 2.75) is 25.8 Å². The molecular formula is C16H21NO5. The van der Waals surface area contributed by atoms with Gasteiger partial charge in [0.25, 0.3) is 0 Å². The lowest BCUT2D eigenvalue weighted by molar-refractivity contribution is -0.108. The smallest absolute Gasteiger partial charge is 0.410 e. The molecule has 1 heterocycles. The molecule has 0 fully saturated rings. The Balaban J connectivity index is 2.43. The van der Waals surface area contributed by atoms with Crippen molar-refractivity contribution in [1.29, 1.82) is 0 Å². The molecular weight excluding hydrogens is 286 g/mol. The zero-order valence-electron chi connectivity index (χ0n) is 13.1. The number of fused-ring (bicyclic) bond motifs is 1. The standard InChI is InChI=1S/C16H21NO5/c1-4-22-16(19)17-7-5-11-9-14(20-2)15(21-3)10-12(11)13(17)6-8-18/h8-10,13H,4-7H2,1-3H3/t13-/m0/s1. The average Bonchev–Trinajstić information content (AvgIpc) is 2.54. The van der Waals surface area contributed by atoms with Gasteiger partial charge in [0.15, 0.2) is 11.5 Å². The van der Waals surface area contributed by atoms with Gasteiger partial charge >= 0.3 is 6.09 Å². The minimum Gasteiger partial charge on any atom is -0.493 e. The van der Waals surface area contributed by atoms with Crippen molar-refractivity contribution in [2.75, 3.05) is 27.4 Å². The Morgan fingerprint density at radius 3 is 2.59 bits per heavy atom. The summed E-state index contributed by atoms with van der Waals surface area (Å²) < 4.78 is 15.7. The Bertz CT molecular complexity index is 558. The van der Waals surface area contributed by atoms with Gasteiger partial charge in [0.1, 0.15) is 6.29 Å². The summed E-state index contributed by atoms with van der Waals surface area (Å²) in [5.74, 6) is 1.23. The molecule has 1 aromatic rings. The second kappa shape index (κ2) is 7.15. The zero-order chi connectivity index (χ0) is 16.1. The Kier molecular flexibility index (Phi) is 5.25. The number of hydrogen-bond donors (Lipinski definition) is 0. The molecule has 1 atom stereocenters. The fourth-order valence-electron chi connectivity index (χ4n) is 2.80. The third-order valence-corrected chi connectivity index (χ3v) is 3.82. The minimum atomic E-state index is -0.394. The van der Waals surface area contributed by atoms with E-state index in [2.05, 4.69) is 0 Å². The molecule has 0 spiro atoms. The maximum absolute atomic E-state index is 12.1. The van der Waals surface area contributed by atoms with Crippen molar-refractivity contribution in [3.05, 3.63) is 23.3 Å². The fourth-order valence-corrected chi connectivity index (χ4v) is 2.80. The van der Waals surface area contributed by atoms with Crippen LogP contribution < -0.4 is 9.47 Å². The molecule has 1 aliphatic heterocycles. The van der Waals surface area contributed by atoms with Gasteiger partial charge in [-0.05, 0) is 36.6 Å². The highest BCUT2D eigenvalue weighted by Crippen LogP contribution is 2.39. The fraction of sp³-hybridized carbons (Fsp3) is 0.500. The first-order chi connectivity index (χ1) is 10.7. The molecule has 2 rings (SSSR count). The van der Waals surface area contributed by atoms with Crippen LogP contribution in [0.15, 0.2) is 12.1 Å². The molecule has 120 valence electrons. The lowest BCUT2D eigenvalue weighted by Crippen LogP contribution is -2.40. The molecule has 0 aliphatic carbocycles. The Labute approximate surface area is 129 Å². The summed E-state index contributed by atoms with van der Waals surface area (Å²) in [6.45, 7) is 2.58. The first-order valence-electron chi connectivity index (χ1n) is 7.28. The van der Waals surface area contributed by atoms with E-state index in [4.69, 9.17) is 14.2 Å². The summed E-state index contributed by atoms with van der Waals surface area (Å²) >= 11 is 0. The van der Waals surface area contributed by atoms with Crippen LogP contribution in [0.4, 0.5) is 4.79 Å². The van der Waals surface area contributed by atoms with Crippen molar-refractivity contribution in [3.8, 4) is 11.5 Å². The molecule has 0 radical (unpaired) electrons. The Morgan fingerprint density at radius 2 is 2.00 bits per heavy atom. The maximum Gasteiger partial charge on any atom is 0.410 e. The van der Waals surface area contributed by atoms with Crippen LogP contribution in [0.2, 0.25) is 0 Å². The first kappa shape index (κ1) is 16.1. The number of rotatable bonds is 5. The zero-order valence-corrected chi connectivity index (χ0v) is 13.1. The summed E-state index contributed by atoms with van der Waals surface area (Å²) in [7, 11) is 3.14. The largest absolute Gasteiger partial charge is 0.493 e. The van der Waals surface area contributed by atoms with E-state index in [9.17, 15) is 9.59 Å². The van der Waals surface area contributed by atoms with Crippen LogP contribution in [0.5, 0.6) is 11.5 Å². The molecule has 0 bridgehead atoms.